The van der Waals surface area contributed by atoms with Crippen molar-refractivity contribution < 1.29 is 9.72 Å². The van der Waals surface area contributed by atoms with Gasteiger partial charge < -0.3 is 0 Å². The average Bonchev–Trinajstić information content (AvgIpc) is 3.02. The number of hydrogen-bond donors (Lipinski definition) is 1. The number of nitro groups is 1. The number of hydrogen-bond acceptors (Lipinski definition) is 5. The Morgan fingerprint density at radius 2 is 2.19 bits per heavy atom. The number of halogens is 1. The van der Waals surface area contributed by atoms with Crippen LogP contribution in [0.2, 0.25) is 5.02 Å². The van der Waals surface area contributed by atoms with E-state index in [9.17, 15) is 14.9 Å². The number of thiophene rings is 1. The summed E-state index contributed by atoms with van der Waals surface area (Å²) in [6.07, 6.45) is 3.18. The number of rotatable bonds is 4. The summed E-state index contributed by atoms with van der Waals surface area (Å²) < 4.78 is 0. The molecule has 1 aliphatic rings. The first kappa shape index (κ1) is 18.5. The van der Waals surface area contributed by atoms with E-state index in [2.05, 4.69) is 17.5 Å². The first-order chi connectivity index (χ1) is 12.3. The lowest BCUT2D eigenvalue weighted by atomic mass is 9.90. The zero-order chi connectivity index (χ0) is 18.8. The van der Waals surface area contributed by atoms with Gasteiger partial charge in [-0.05, 0) is 49.8 Å². The van der Waals surface area contributed by atoms with Crippen LogP contribution < -0.4 is 5.43 Å². The third-order valence-electron chi connectivity index (χ3n) is 4.44. The van der Waals surface area contributed by atoms with Crippen molar-refractivity contribution in [1.82, 2.24) is 5.43 Å². The van der Waals surface area contributed by atoms with Crippen molar-refractivity contribution in [2.24, 2.45) is 11.0 Å². The van der Waals surface area contributed by atoms with E-state index >= 15 is 0 Å². The van der Waals surface area contributed by atoms with Gasteiger partial charge >= 0.3 is 0 Å². The molecule has 0 saturated carbocycles. The zero-order valence-corrected chi connectivity index (χ0v) is 16.0. The van der Waals surface area contributed by atoms with E-state index in [-0.39, 0.29) is 16.6 Å². The van der Waals surface area contributed by atoms with Crippen LogP contribution in [0.25, 0.3) is 0 Å². The van der Waals surface area contributed by atoms with E-state index in [0.717, 1.165) is 19.3 Å². The van der Waals surface area contributed by atoms with Crippen molar-refractivity contribution in [2.75, 3.05) is 0 Å². The lowest BCUT2D eigenvalue weighted by molar-refractivity contribution is -0.384. The summed E-state index contributed by atoms with van der Waals surface area (Å²) in [6, 6.07) is 6.37. The lowest BCUT2D eigenvalue weighted by Crippen LogP contribution is -2.18. The third kappa shape index (κ3) is 3.94. The van der Waals surface area contributed by atoms with E-state index in [1.807, 2.05) is 6.07 Å². The molecule has 0 spiro atoms. The van der Waals surface area contributed by atoms with E-state index in [4.69, 9.17) is 11.6 Å². The summed E-state index contributed by atoms with van der Waals surface area (Å²) >= 11 is 7.33. The van der Waals surface area contributed by atoms with Crippen LogP contribution in [0.1, 0.15) is 45.9 Å². The fourth-order valence-corrected chi connectivity index (χ4v) is 4.23. The molecule has 3 rings (SSSR count). The van der Waals surface area contributed by atoms with Crippen molar-refractivity contribution in [2.45, 2.75) is 33.1 Å². The van der Waals surface area contributed by atoms with Crippen LogP contribution in [0.3, 0.4) is 0 Å². The minimum atomic E-state index is -0.547. The van der Waals surface area contributed by atoms with Crippen molar-refractivity contribution in [3.05, 3.63) is 60.3 Å². The second-order valence-corrected chi connectivity index (χ2v) is 8.01. The predicted molar refractivity (Wildman–Crippen MR) is 103 cm³/mol. The number of hydrazone groups is 1. The summed E-state index contributed by atoms with van der Waals surface area (Å²) in [4.78, 5) is 24.7. The van der Waals surface area contributed by atoms with Gasteiger partial charge in [0.05, 0.1) is 15.5 Å². The number of benzene rings is 1. The predicted octanol–water partition coefficient (Wildman–Crippen LogP) is 4.59. The zero-order valence-electron chi connectivity index (χ0n) is 14.4. The van der Waals surface area contributed by atoms with Gasteiger partial charge in [0.2, 0.25) is 0 Å². The summed E-state index contributed by atoms with van der Waals surface area (Å²) in [5.41, 5.74) is 4.60. The van der Waals surface area contributed by atoms with Crippen LogP contribution in [-0.4, -0.2) is 16.5 Å². The summed E-state index contributed by atoms with van der Waals surface area (Å²) in [6.45, 7) is 3.90. The fourth-order valence-electron chi connectivity index (χ4n) is 2.95. The SMILES string of the molecule is CC(=NNC(=O)c1cc2c(s1)CCC(C)C2)c1ccc(Cl)c([N+](=O)[O-])c1. The number of aryl methyl sites for hydroxylation is 1. The second kappa shape index (κ2) is 7.55. The number of nitro benzene ring substituents is 1. The molecule has 26 heavy (non-hydrogen) atoms. The molecule has 1 unspecified atom stereocenters. The molecule has 136 valence electrons. The maximum atomic E-state index is 12.4. The molecule has 0 aliphatic heterocycles. The van der Waals surface area contributed by atoms with Crippen LogP contribution in [0.4, 0.5) is 5.69 Å². The minimum Gasteiger partial charge on any atom is -0.266 e. The van der Waals surface area contributed by atoms with Gasteiger partial charge in [-0.1, -0.05) is 24.6 Å². The van der Waals surface area contributed by atoms with Gasteiger partial charge in [-0.3, -0.25) is 14.9 Å². The van der Waals surface area contributed by atoms with Crippen molar-refractivity contribution in [3.63, 3.8) is 0 Å². The van der Waals surface area contributed by atoms with Crippen molar-refractivity contribution in [3.8, 4) is 0 Å². The minimum absolute atomic E-state index is 0.0639. The van der Waals surface area contributed by atoms with Gasteiger partial charge in [-0.2, -0.15) is 5.10 Å². The van der Waals surface area contributed by atoms with Crippen LogP contribution in [0.15, 0.2) is 29.4 Å². The van der Waals surface area contributed by atoms with Crippen LogP contribution >= 0.6 is 22.9 Å². The quantitative estimate of drug-likeness (QED) is 0.470. The van der Waals surface area contributed by atoms with Crippen LogP contribution in [0, 0.1) is 16.0 Å². The van der Waals surface area contributed by atoms with E-state index in [1.165, 1.54) is 33.9 Å². The Morgan fingerprint density at radius 3 is 2.92 bits per heavy atom. The molecule has 0 saturated heterocycles. The monoisotopic (exact) mass is 391 g/mol. The molecule has 1 aliphatic carbocycles. The molecule has 6 nitrogen and oxygen atoms in total. The molecule has 0 radical (unpaired) electrons. The van der Waals surface area contributed by atoms with Gasteiger partial charge in [0.1, 0.15) is 5.02 Å². The number of amides is 1. The maximum absolute atomic E-state index is 12.4. The molecule has 1 aromatic carbocycles. The molecule has 0 fully saturated rings. The Bertz CT molecular complexity index is 907. The Balaban J connectivity index is 1.74. The molecular weight excluding hydrogens is 374 g/mol. The summed E-state index contributed by atoms with van der Waals surface area (Å²) in [7, 11) is 0. The molecule has 1 heterocycles. The Labute approximate surface area is 160 Å². The summed E-state index contributed by atoms with van der Waals surface area (Å²) in [5, 5.41) is 15.1. The Morgan fingerprint density at radius 1 is 1.42 bits per heavy atom. The highest BCUT2D eigenvalue weighted by atomic mass is 35.5. The molecular formula is C18H18ClN3O3S. The highest BCUT2D eigenvalue weighted by molar-refractivity contribution is 7.14. The number of nitrogens with one attached hydrogen (secondary N) is 1. The second-order valence-electron chi connectivity index (χ2n) is 6.47. The van der Waals surface area contributed by atoms with Gasteiger partial charge in [0.25, 0.3) is 11.6 Å². The van der Waals surface area contributed by atoms with Crippen molar-refractivity contribution in [1.29, 1.82) is 0 Å². The van der Waals surface area contributed by atoms with E-state index in [1.54, 1.807) is 13.0 Å². The maximum Gasteiger partial charge on any atom is 0.288 e. The molecule has 2 aromatic rings. The Kier molecular flexibility index (Phi) is 5.38. The number of carbonyl (C=O) groups excluding carboxylic acids is 1. The normalized spacial score (nSPS) is 16.9. The molecule has 1 N–H and O–H groups in total. The standard InChI is InChI=1S/C18H18ClN3O3S/c1-10-3-6-16-13(7-10)9-17(26-16)18(23)21-20-11(2)12-4-5-14(19)15(8-12)22(24)25/h4-5,8-10H,3,6-7H2,1-2H3,(H,21,23). The Hall–Kier alpha value is -2.25. The highest BCUT2D eigenvalue weighted by Gasteiger charge is 2.20. The number of carbonyl (C=O) groups is 1. The topological polar surface area (TPSA) is 84.6 Å². The van der Waals surface area contributed by atoms with Crippen LogP contribution in [0.5, 0.6) is 0 Å². The smallest absolute Gasteiger partial charge is 0.266 e. The van der Waals surface area contributed by atoms with E-state index in [0.29, 0.717) is 22.1 Å². The van der Waals surface area contributed by atoms with E-state index < -0.39 is 4.92 Å². The highest BCUT2D eigenvalue weighted by Crippen LogP contribution is 2.32. The fraction of sp³-hybridized carbons (Fsp3) is 0.333. The third-order valence-corrected chi connectivity index (χ3v) is 5.99. The first-order valence-electron chi connectivity index (χ1n) is 8.25. The molecule has 1 atom stereocenters. The molecule has 0 bridgehead atoms. The molecule has 8 heteroatoms. The number of fused-ring (bicyclic) bond motifs is 1. The average molecular weight is 392 g/mol. The van der Waals surface area contributed by atoms with Gasteiger partial charge in [0.15, 0.2) is 0 Å². The van der Waals surface area contributed by atoms with Crippen molar-refractivity contribution >= 4 is 40.2 Å². The largest absolute Gasteiger partial charge is 0.288 e. The van der Waals surface area contributed by atoms with Crippen LogP contribution in [-0.2, 0) is 12.8 Å². The number of nitrogens with zero attached hydrogens (tertiary/aromatic N) is 2. The molecule has 1 aromatic heterocycles. The first-order valence-corrected chi connectivity index (χ1v) is 9.45. The van der Waals surface area contributed by atoms with Gasteiger partial charge in [0, 0.05) is 16.5 Å². The van der Waals surface area contributed by atoms with Gasteiger partial charge in [-0.15, -0.1) is 11.3 Å². The van der Waals surface area contributed by atoms with Gasteiger partial charge in [-0.25, -0.2) is 5.43 Å². The lowest BCUT2D eigenvalue weighted by Gasteiger charge is -2.16. The summed E-state index contributed by atoms with van der Waals surface area (Å²) in [5.74, 6) is 0.383. The molecule has 1 amide bonds.